The Kier molecular flexibility index (Phi) is 5.84. The van der Waals surface area contributed by atoms with Crippen molar-refractivity contribution < 1.29 is 24.2 Å². The van der Waals surface area contributed by atoms with Crippen molar-refractivity contribution in [3.63, 3.8) is 0 Å². The van der Waals surface area contributed by atoms with Crippen molar-refractivity contribution in [1.82, 2.24) is 5.32 Å². The molecule has 0 spiro atoms. The molecule has 0 radical (unpaired) electrons. The van der Waals surface area contributed by atoms with E-state index < -0.39 is 17.8 Å². The van der Waals surface area contributed by atoms with E-state index in [0.29, 0.717) is 31.1 Å². The molecule has 1 amide bonds. The van der Waals surface area contributed by atoms with Crippen LogP contribution in [0, 0.1) is 11.8 Å². The highest BCUT2D eigenvalue weighted by molar-refractivity contribution is 5.89. The fourth-order valence-electron chi connectivity index (χ4n) is 2.35. The molecule has 2 atom stereocenters. The number of carbonyl (C=O) groups is 2. The van der Waals surface area contributed by atoms with E-state index in [0.717, 1.165) is 18.4 Å². The maximum atomic E-state index is 11.9. The maximum absolute atomic E-state index is 11.9. The van der Waals surface area contributed by atoms with Crippen molar-refractivity contribution in [3.05, 3.63) is 23.8 Å². The number of nitrogens with one attached hydrogen (secondary N) is 1. The zero-order chi connectivity index (χ0) is 16.8. The lowest BCUT2D eigenvalue weighted by atomic mass is 10.2. The van der Waals surface area contributed by atoms with E-state index in [1.165, 1.54) is 0 Å². The number of rotatable bonds is 9. The van der Waals surface area contributed by atoms with Gasteiger partial charge in [0.2, 0.25) is 5.91 Å². The van der Waals surface area contributed by atoms with Crippen LogP contribution in [0.1, 0.15) is 31.7 Å². The first-order chi connectivity index (χ1) is 11.1. The minimum Gasteiger partial charge on any atom is -0.493 e. The molecule has 1 aliphatic carbocycles. The summed E-state index contributed by atoms with van der Waals surface area (Å²) in [5, 5.41) is 11.6. The zero-order valence-electron chi connectivity index (χ0n) is 13.5. The van der Waals surface area contributed by atoms with E-state index in [1.807, 2.05) is 18.2 Å². The van der Waals surface area contributed by atoms with Crippen LogP contribution in [0.4, 0.5) is 0 Å². The van der Waals surface area contributed by atoms with Gasteiger partial charge in [0.1, 0.15) is 0 Å². The Labute approximate surface area is 135 Å². The highest BCUT2D eigenvalue weighted by Gasteiger charge is 2.48. The number of unbranched alkanes of at least 4 members (excludes halogenated alkanes) is 1. The van der Waals surface area contributed by atoms with Gasteiger partial charge in [0.25, 0.3) is 0 Å². The molecule has 126 valence electrons. The number of amides is 1. The summed E-state index contributed by atoms with van der Waals surface area (Å²) in [4.78, 5) is 22.6. The summed E-state index contributed by atoms with van der Waals surface area (Å²) < 4.78 is 11.0. The third kappa shape index (κ3) is 4.61. The largest absolute Gasteiger partial charge is 0.493 e. The van der Waals surface area contributed by atoms with Crippen molar-refractivity contribution in [2.75, 3.05) is 13.7 Å². The number of carboxylic acid groups (broad SMARTS) is 1. The second-order valence-electron chi connectivity index (χ2n) is 5.69. The van der Waals surface area contributed by atoms with Gasteiger partial charge in [-0.1, -0.05) is 19.4 Å². The molecular weight excluding hydrogens is 298 g/mol. The normalized spacial score (nSPS) is 19.0. The van der Waals surface area contributed by atoms with Crippen molar-refractivity contribution in [2.45, 2.75) is 32.7 Å². The summed E-state index contributed by atoms with van der Waals surface area (Å²) in [7, 11) is 1.58. The van der Waals surface area contributed by atoms with Gasteiger partial charge in [0, 0.05) is 6.54 Å². The molecule has 0 aliphatic heterocycles. The van der Waals surface area contributed by atoms with Gasteiger partial charge >= 0.3 is 5.97 Å². The Morgan fingerprint density at radius 3 is 2.70 bits per heavy atom. The molecule has 0 heterocycles. The van der Waals surface area contributed by atoms with Crippen LogP contribution in [0.15, 0.2) is 18.2 Å². The van der Waals surface area contributed by atoms with Crippen LogP contribution in [0.5, 0.6) is 11.5 Å². The Balaban J connectivity index is 1.88. The molecule has 2 unspecified atom stereocenters. The van der Waals surface area contributed by atoms with Crippen molar-refractivity contribution >= 4 is 11.9 Å². The van der Waals surface area contributed by atoms with E-state index in [9.17, 15) is 9.59 Å². The Morgan fingerprint density at radius 1 is 1.30 bits per heavy atom. The van der Waals surface area contributed by atoms with Crippen LogP contribution >= 0.6 is 0 Å². The Morgan fingerprint density at radius 2 is 2.09 bits per heavy atom. The fraction of sp³-hybridized carbons (Fsp3) is 0.529. The lowest BCUT2D eigenvalue weighted by molar-refractivity contribution is -0.140. The average Bonchev–Trinajstić information content (AvgIpc) is 3.34. The second-order valence-corrected chi connectivity index (χ2v) is 5.69. The quantitative estimate of drug-likeness (QED) is 0.681. The lowest BCUT2D eigenvalue weighted by Crippen LogP contribution is -2.25. The van der Waals surface area contributed by atoms with Crippen molar-refractivity contribution in [2.24, 2.45) is 11.8 Å². The van der Waals surface area contributed by atoms with Gasteiger partial charge in [0.05, 0.1) is 25.6 Å². The molecule has 0 aromatic heterocycles. The van der Waals surface area contributed by atoms with Gasteiger partial charge in [-0.25, -0.2) is 0 Å². The first kappa shape index (κ1) is 17.1. The molecule has 6 nitrogen and oxygen atoms in total. The minimum atomic E-state index is -0.902. The number of aliphatic carboxylic acids is 1. The van der Waals surface area contributed by atoms with E-state index in [-0.39, 0.29) is 5.91 Å². The zero-order valence-corrected chi connectivity index (χ0v) is 13.5. The predicted molar refractivity (Wildman–Crippen MR) is 84.5 cm³/mol. The number of hydrogen-bond donors (Lipinski definition) is 2. The van der Waals surface area contributed by atoms with Crippen LogP contribution in [0.25, 0.3) is 0 Å². The molecule has 0 saturated heterocycles. The molecule has 1 aliphatic rings. The van der Waals surface area contributed by atoms with Gasteiger partial charge < -0.3 is 19.9 Å². The number of benzene rings is 1. The lowest BCUT2D eigenvalue weighted by Gasteiger charge is -2.12. The number of ether oxygens (including phenoxy) is 2. The summed E-state index contributed by atoms with van der Waals surface area (Å²) in [6.07, 6.45) is 2.47. The SMILES string of the molecule is CCCCOc1ccc(CNC(=O)C2CC2C(=O)O)cc1OC. The van der Waals surface area contributed by atoms with Gasteiger partial charge in [-0.05, 0) is 30.5 Å². The van der Waals surface area contributed by atoms with E-state index in [1.54, 1.807) is 7.11 Å². The predicted octanol–water partition coefficient (Wildman–Crippen LogP) is 2.21. The molecule has 2 rings (SSSR count). The third-order valence-electron chi connectivity index (χ3n) is 3.89. The Bertz CT molecular complexity index is 572. The molecular formula is C17H23NO5. The number of carboxylic acids is 1. The number of hydrogen-bond acceptors (Lipinski definition) is 4. The first-order valence-corrected chi connectivity index (χ1v) is 7.87. The smallest absolute Gasteiger partial charge is 0.307 e. The van der Waals surface area contributed by atoms with Crippen LogP contribution in [0.2, 0.25) is 0 Å². The van der Waals surface area contributed by atoms with Gasteiger partial charge in [-0.3, -0.25) is 9.59 Å². The highest BCUT2D eigenvalue weighted by Crippen LogP contribution is 2.38. The summed E-state index contributed by atoms with van der Waals surface area (Å²) >= 11 is 0. The summed E-state index contributed by atoms with van der Waals surface area (Å²) in [6, 6.07) is 5.52. The van der Waals surface area contributed by atoms with Crippen molar-refractivity contribution in [1.29, 1.82) is 0 Å². The average molecular weight is 321 g/mol. The van der Waals surface area contributed by atoms with E-state index in [2.05, 4.69) is 12.2 Å². The van der Waals surface area contributed by atoms with Crippen LogP contribution in [-0.2, 0) is 16.1 Å². The summed E-state index contributed by atoms with van der Waals surface area (Å²) in [5.74, 6) is -0.725. The first-order valence-electron chi connectivity index (χ1n) is 7.87. The summed E-state index contributed by atoms with van der Waals surface area (Å²) in [6.45, 7) is 3.08. The number of methoxy groups -OCH3 is 1. The highest BCUT2D eigenvalue weighted by atomic mass is 16.5. The van der Waals surface area contributed by atoms with Gasteiger partial charge in [-0.2, -0.15) is 0 Å². The van der Waals surface area contributed by atoms with E-state index in [4.69, 9.17) is 14.6 Å². The Hall–Kier alpha value is -2.24. The second kappa shape index (κ2) is 7.85. The molecule has 1 saturated carbocycles. The minimum absolute atomic E-state index is 0.209. The van der Waals surface area contributed by atoms with Crippen LogP contribution < -0.4 is 14.8 Å². The molecule has 1 fully saturated rings. The number of carbonyl (C=O) groups excluding carboxylic acids is 1. The van der Waals surface area contributed by atoms with Gasteiger partial charge in [0.15, 0.2) is 11.5 Å². The standard InChI is InChI=1S/C17H23NO5/c1-3-4-7-23-14-6-5-11(8-15(14)22-2)10-18-16(19)12-9-13(12)17(20)21/h5-6,8,12-13H,3-4,7,9-10H2,1-2H3,(H,18,19)(H,20,21). The van der Waals surface area contributed by atoms with Crippen molar-refractivity contribution in [3.8, 4) is 11.5 Å². The summed E-state index contributed by atoms with van der Waals surface area (Å²) in [5.41, 5.74) is 0.880. The topological polar surface area (TPSA) is 84.9 Å². The maximum Gasteiger partial charge on any atom is 0.307 e. The fourth-order valence-corrected chi connectivity index (χ4v) is 2.35. The molecule has 1 aromatic rings. The van der Waals surface area contributed by atoms with E-state index >= 15 is 0 Å². The van der Waals surface area contributed by atoms with Gasteiger partial charge in [-0.15, -0.1) is 0 Å². The van der Waals surface area contributed by atoms with Crippen LogP contribution in [0.3, 0.4) is 0 Å². The molecule has 1 aromatic carbocycles. The molecule has 2 N–H and O–H groups in total. The molecule has 0 bridgehead atoms. The van der Waals surface area contributed by atoms with Crippen LogP contribution in [-0.4, -0.2) is 30.7 Å². The molecule has 6 heteroatoms. The molecule has 23 heavy (non-hydrogen) atoms. The monoisotopic (exact) mass is 321 g/mol. The third-order valence-corrected chi connectivity index (χ3v) is 3.89.